The van der Waals surface area contributed by atoms with Crippen LogP contribution in [0.3, 0.4) is 0 Å². The number of pyridine rings is 1. The van der Waals surface area contributed by atoms with Gasteiger partial charge in [-0.3, -0.25) is 9.88 Å². The molecule has 1 aliphatic rings. The van der Waals surface area contributed by atoms with Gasteiger partial charge >= 0.3 is 0 Å². The summed E-state index contributed by atoms with van der Waals surface area (Å²) in [6, 6.07) is 12.2. The largest absolute Gasteiger partial charge is 0.497 e. The number of rotatable bonds is 5. The highest BCUT2D eigenvalue weighted by Gasteiger charge is 2.22. The van der Waals surface area contributed by atoms with Crippen molar-refractivity contribution in [1.82, 2.24) is 9.88 Å². The molecule has 0 atom stereocenters. The second kappa shape index (κ2) is 7.47. The van der Waals surface area contributed by atoms with Crippen LogP contribution in [0.4, 0.5) is 0 Å². The first kappa shape index (κ1) is 15.8. The minimum absolute atomic E-state index is 0.583. The fourth-order valence-electron chi connectivity index (χ4n) is 3.25. The van der Waals surface area contributed by atoms with Crippen molar-refractivity contribution >= 4 is 0 Å². The molecule has 0 amide bonds. The highest BCUT2D eigenvalue weighted by atomic mass is 16.5. The van der Waals surface area contributed by atoms with Gasteiger partial charge in [-0.15, -0.1) is 0 Å². The van der Waals surface area contributed by atoms with Gasteiger partial charge in [0.1, 0.15) is 11.5 Å². The van der Waals surface area contributed by atoms with Gasteiger partial charge in [-0.1, -0.05) is 6.07 Å². The molecule has 2 heterocycles. The van der Waals surface area contributed by atoms with E-state index in [1.54, 1.807) is 14.2 Å². The topological polar surface area (TPSA) is 34.6 Å². The summed E-state index contributed by atoms with van der Waals surface area (Å²) in [5, 5.41) is 0. The van der Waals surface area contributed by atoms with Crippen molar-refractivity contribution in [2.75, 3.05) is 27.3 Å². The van der Waals surface area contributed by atoms with Gasteiger partial charge in [0.05, 0.1) is 14.2 Å². The molecule has 1 aliphatic heterocycles. The molecule has 0 N–H and O–H groups in total. The van der Waals surface area contributed by atoms with Crippen LogP contribution in [0.1, 0.15) is 30.0 Å². The second-order valence-corrected chi connectivity index (χ2v) is 5.98. The summed E-state index contributed by atoms with van der Waals surface area (Å²) in [5.41, 5.74) is 2.41. The van der Waals surface area contributed by atoms with Gasteiger partial charge in [-0.25, -0.2) is 0 Å². The molecule has 122 valence electrons. The van der Waals surface area contributed by atoms with Gasteiger partial charge in [0.2, 0.25) is 0 Å². The zero-order valence-corrected chi connectivity index (χ0v) is 13.9. The number of aromatic nitrogens is 1. The number of nitrogens with zero attached hydrogens (tertiary/aromatic N) is 2. The Balaban J connectivity index is 1.63. The maximum Gasteiger partial charge on any atom is 0.123 e. The SMILES string of the molecule is COc1ccc(OC)c(CN2CCC(c3ccccn3)CC2)c1. The van der Waals surface area contributed by atoms with Crippen LogP contribution in [0, 0.1) is 0 Å². The summed E-state index contributed by atoms with van der Waals surface area (Å²) in [5.74, 6) is 2.39. The highest BCUT2D eigenvalue weighted by molar-refractivity contribution is 5.40. The lowest BCUT2D eigenvalue weighted by atomic mass is 9.93. The zero-order valence-electron chi connectivity index (χ0n) is 13.9. The molecule has 0 spiro atoms. The van der Waals surface area contributed by atoms with E-state index >= 15 is 0 Å². The molecular formula is C19H24N2O2. The van der Waals surface area contributed by atoms with Crippen molar-refractivity contribution in [3.63, 3.8) is 0 Å². The maximum atomic E-state index is 5.48. The van der Waals surface area contributed by atoms with E-state index in [0.29, 0.717) is 5.92 Å². The summed E-state index contributed by atoms with van der Waals surface area (Å²) in [7, 11) is 3.42. The summed E-state index contributed by atoms with van der Waals surface area (Å²) in [6.45, 7) is 3.07. The number of hydrogen-bond donors (Lipinski definition) is 0. The number of benzene rings is 1. The normalized spacial score (nSPS) is 16.3. The molecular weight excluding hydrogens is 288 g/mol. The van der Waals surface area contributed by atoms with Crippen molar-refractivity contribution in [2.45, 2.75) is 25.3 Å². The number of methoxy groups -OCH3 is 2. The van der Waals surface area contributed by atoms with E-state index < -0.39 is 0 Å². The molecule has 0 bridgehead atoms. The Labute approximate surface area is 138 Å². The third-order valence-electron chi connectivity index (χ3n) is 4.58. The Bertz CT molecular complexity index is 623. The molecule has 0 saturated carbocycles. The maximum absolute atomic E-state index is 5.48. The Morgan fingerprint density at radius 3 is 2.57 bits per heavy atom. The molecule has 4 nitrogen and oxygen atoms in total. The van der Waals surface area contributed by atoms with Crippen molar-refractivity contribution in [3.8, 4) is 11.5 Å². The zero-order chi connectivity index (χ0) is 16.1. The lowest BCUT2D eigenvalue weighted by molar-refractivity contribution is 0.201. The van der Waals surface area contributed by atoms with Gasteiger partial charge in [0.15, 0.2) is 0 Å². The summed E-state index contributed by atoms with van der Waals surface area (Å²) < 4.78 is 10.8. The average molecular weight is 312 g/mol. The number of piperidine rings is 1. The Morgan fingerprint density at radius 2 is 1.91 bits per heavy atom. The lowest BCUT2D eigenvalue weighted by Gasteiger charge is -2.32. The Hall–Kier alpha value is -2.07. The molecule has 0 radical (unpaired) electrons. The lowest BCUT2D eigenvalue weighted by Crippen LogP contribution is -2.32. The van der Waals surface area contributed by atoms with Crippen molar-refractivity contribution in [1.29, 1.82) is 0 Å². The first-order chi connectivity index (χ1) is 11.3. The molecule has 3 rings (SSSR count). The van der Waals surface area contributed by atoms with Crippen LogP contribution in [0.15, 0.2) is 42.6 Å². The van der Waals surface area contributed by atoms with E-state index in [4.69, 9.17) is 9.47 Å². The van der Waals surface area contributed by atoms with Gasteiger partial charge in [0.25, 0.3) is 0 Å². The molecule has 0 unspecified atom stereocenters. The van der Waals surface area contributed by atoms with Crippen molar-refractivity contribution in [3.05, 3.63) is 53.9 Å². The van der Waals surface area contributed by atoms with Crippen molar-refractivity contribution in [2.24, 2.45) is 0 Å². The molecule has 1 aromatic heterocycles. The highest BCUT2D eigenvalue weighted by Crippen LogP contribution is 2.30. The van der Waals surface area contributed by atoms with Crippen LogP contribution >= 0.6 is 0 Å². The predicted octanol–water partition coefficient (Wildman–Crippen LogP) is 3.48. The van der Waals surface area contributed by atoms with Crippen LogP contribution in [0.25, 0.3) is 0 Å². The van der Waals surface area contributed by atoms with Crippen LogP contribution < -0.4 is 9.47 Å². The van der Waals surface area contributed by atoms with Crippen molar-refractivity contribution < 1.29 is 9.47 Å². The van der Waals surface area contributed by atoms with E-state index in [9.17, 15) is 0 Å². The van der Waals surface area contributed by atoms with Crippen LogP contribution in [0.5, 0.6) is 11.5 Å². The molecule has 23 heavy (non-hydrogen) atoms. The summed E-state index contributed by atoms with van der Waals surface area (Å²) >= 11 is 0. The first-order valence-corrected chi connectivity index (χ1v) is 8.14. The fraction of sp³-hybridized carbons (Fsp3) is 0.421. The van der Waals surface area contributed by atoms with E-state index in [-0.39, 0.29) is 0 Å². The first-order valence-electron chi connectivity index (χ1n) is 8.14. The number of ether oxygens (including phenoxy) is 2. The standard InChI is InChI=1S/C19H24N2O2/c1-22-17-6-7-19(23-2)16(13-17)14-21-11-8-15(9-12-21)18-5-3-4-10-20-18/h3-7,10,13,15H,8-9,11-12,14H2,1-2H3. The Kier molecular flexibility index (Phi) is 5.13. The third kappa shape index (κ3) is 3.82. The second-order valence-electron chi connectivity index (χ2n) is 5.98. The van der Waals surface area contributed by atoms with E-state index in [2.05, 4.69) is 28.1 Å². The van der Waals surface area contributed by atoms with E-state index in [1.807, 2.05) is 24.4 Å². The number of likely N-dealkylation sites (tertiary alicyclic amines) is 1. The molecule has 2 aromatic rings. The van der Waals surface area contributed by atoms with E-state index in [1.165, 1.54) is 11.3 Å². The van der Waals surface area contributed by atoms with Gasteiger partial charge < -0.3 is 9.47 Å². The smallest absolute Gasteiger partial charge is 0.123 e. The molecule has 1 aromatic carbocycles. The monoisotopic (exact) mass is 312 g/mol. The average Bonchev–Trinajstić information content (AvgIpc) is 2.63. The van der Waals surface area contributed by atoms with Crippen LogP contribution in [0.2, 0.25) is 0 Å². The quantitative estimate of drug-likeness (QED) is 0.846. The van der Waals surface area contributed by atoms with Gasteiger partial charge in [0, 0.05) is 29.9 Å². The van der Waals surface area contributed by atoms with Gasteiger partial charge in [-0.2, -0.15) is 0 Å². The van der Waals surface area contributed by atoms with Crippen LogP contribution in [-0.2, 0) is 6.54 Å². The summed E-state index contributed by atoms with van der Waals surface area (Å²) in [6.07, 6.45) is 4.20. The van der Waals surface area contributed by atoms with Crippen LogP contribution in [-0.4, -0.2) is 37.2 Å². The third-order valence-corrected chi connectivity index (χ3v) is 4.58. The predicted molar refractivity (Wildman–Crippen MR) is 91.0 cm³/mol. The molecule has 1 fully saturated rings. The van der Waals surface area contributed by atoms with Gasteiger partial charge in [-0.05, 0) is 56.3 Å². The molecule has 0 aliphatic carbocycles. The summed E-state index contributed by atoms with van der Waals surface area (Å²) in [4.78, 5) is 6.99. The molecule has 1 saturated heterocycles. The minimum Gasteiger partial charge on any atom is -0.497 e. The fourth-order valence-corrected chi connectivity index (χ4v) is 3.25. The van der Waals surface area contributed by atoms with E-state index in [0.717, 1.165) is 44.0 Å². The number of hydrogen-bond acceptors (Lipinski definition) is 4. The Morgan fingerprint density at radius 1 is 1.09 bits per heavy atom. The minimum atomic E-state index is 0.583. The molecule has 4 heteroatoms.